The summed E-state index contributed by atoms with van der Waals surface area (Å²) in [6.07, 6.45) is 13.3. The number of carbonyl (C=O) groups is 1. The number of rotatable bonds is 9. The molecule has 2 aromatic rings. The zero-order valence-corrected chi connectivity index (χ0v) is 27.3. The van der Waals surface area contributed by atoms with Gasteiger partial charge in [0.05, 0.1) is 31.4 Å². The summed E-state index contributed by atoms with van der Waals surface area (Å²) in [5.41, 5.74) is 1.92. The molecule has 0 spiro atoms. The largest absolute Gasteiger partial charge is 0.497 e. The predicted octanol–water partition coefficient (Wildman–Crippen LogP) is 7.96. The Labute approximate surface area is 268 Å². The lowest BCUT2D eigenvalue weighted by molar-refractivity contribution is 0.117. The van der Waals surface area contributed by atoms with Gasteiger partial charge in [-0.15, -0.1) is 0 Å². The minimum Gasteiger partial charge on any atom is -0.497 e. The molecule has 0 bridgehead atoms. The lowest BCUT2D eigenvalue weighted by Gasteiger charge is -2.40. The van der Waals surface area contributed by atoms with E-state index in [1.54, 1.807) is 7.11 Å². The van der Waals surface area contributed by atoms with Gasteiger partial charge in [0, 0.05) is 30.2 Å². The van der Waals surface area contributed by atoms with Crippen LogP contribution in [0.25, 0.3) is 0 Å². The number of amides is 2. The van der Waals surface area contributed by atoms with E-state index in [1.807, 2.05) is 42.2 Å². The minimum atomic E-state index is -0.203. The summed E-state index contributed by atoms with van der Waals surface area (Å²) >= 11 is 6.36. The molecule has 0 N–H and O–H groups in total. The van der Waals surface area contributed by atoms with Gasteiger partial charge in [0.25, 0.3) is 0 Å². The second-order valence-corrected chi connectivity index (χ2v) is 13.4. The number of urea groups is 1. The molecular weight excluding hydrogens is 572 g/mol. The molecule has 1 aliphatic carbocycles. The van der Waals surface area contributed by atoms with Crippen LogP contribution in [0.15, 0.2) is 47.5 Å². The summed E-state index contributed by atoms with van der Waals surface area (Å²) in [5, 5.41) is 0.697. The first-order valence-corrected chi connectivity index (χ1v) is 17.4. The minimum absolute atomic E-state index is 0.0435. The Kier molecular flexibility index (Phi) is 10.3. The highest BCUT2D eigenvalue weighted by atomic mass is 35.5. The summed E-state index contributed by atoms with van der Waals surface area (Å²) in [7, 11) is 1.66. The number of likely N-dealkylation sites (tertiary alicyclic amines) is 2. The molecule has 2 atom stereocenters. The number of nitrogens with zero attached hydrogens (tertiary/aromatic N) is 4. The summed E-state index contributed by atoms with van der Waals surface area (Å²) in [6.45, 7) is 6.42. The van der Waals surface area contributed by atoms with Crippen molar-refractivity contribution in [3.63, 3.8) is 0 Å². The van der Waals surface area contributed by atoms with Crippen molar-refractivity contribution in [3.8, 4) is 11.5 Å². The monoisotopic (exact) mass is 620 g/mol. The second kappa shape index (κ2) is 14.6. The molecule has 3 aliphatic heterocycles. The molecule has 6 rings (SSSR count). The van der Waals surface area contributed by atoms with E-state index < -0.39 is 0 Å². The number of hydrogen-bond donors (Lipinski definition) is 0. The van der Waals surface area contributed by atoms with Crippen LogP contribution < -0.4 is 9.47 Å². The highest BCUT2D eigenvalue weighted by Crippen LogP contribution is 2.41. The van der Waals surface area contributed by atoms with Crippen LogP contribution in [0.2, 0.25) is 5.02 Å². The van der Waals surface area contributed by atoms with Gasteiger partial charge in [-0.2, -0.15) is 0 Å². The third kappa shape index (κ3) is 6.89. The number of benzene rings is 2. The van der Waals surface area contributed by atoms with Gasteiger partial charge in [-0.3, -0.25) is 9.89 Å². The smallest absolute Gasteiger partial charge is 0.326 e. The molecule has 238 valence electrons. The van der Waals surface area contributed by atoms with Gasteiger partial charge in [0.15, 0.2) is 0 Å². The van der Waals surface area contributed by atoms with Crippen molar-refractivity contribution in [1.82, 2.24) is 14.7 Å². The predicted molar refractivity (Wildman–Crippen MR) is 177 cm³/mol. The molecule has 2 amide bonds. The van der Waals surface area contributed by atoms with Crippen LogP contribution in [-0.4, -0.2) is 78.5 Å². The highest BCUT2D eigenvalue weighted by molar-refractivity contribution is 6.30. The van der Waals surface area contributed by atoms with Crippen LogP contribution in [-0.2, 0) is 0 Å². The number of amidine groups is 1. The fourth-order valence-electron chi connectivity index (χ4n) is 7.91. The van der Waals surface area contributed by atoms with Gasteiger partial charge >= 0.3 is 6.03 Å². The van der Waals surface area contributed by atoms with Crippen LogP contribution in [0.3, 0.4) is 0 Å². The summed E-state index contributed by atoms with van der Waals surface area (Å²) in [4.78, 5) is 26.9. The molecule has 2 saturated heterocycles. The van der Waals surface area contributed by atoms with Crippen molar-refractivity contribution in [2.24, 2.45) is 10.9 Å². The van der Waals surface area contributed by atoms with E-state index in [0.29, 0.717) is 29.3 Å². The quantitative estimate of drug-likeness (QED) is 0.285. The van der Waals surface area contributed by atoms with Gasteiger partial charge < -0.3 is 19.3 Å². The molecule has 7 nitrogen and oxygen atoms in total. The molecular formula is C36H49ClN4O3. The van der Waals surface area contributed by atoms with E-state index in [1.165, 1.54) is 58.0 Å². The molecule has 0 aromatic heterocycles. The fourth-order valence-corrected chi connectivity index (χ4v) is 8.04. The maximum absolute atomic E-state index is 14.8. The molecule has 8 heteroatoms. The van der Waals surface area contributed by atoms with Gasteiger partial charge in [-0.1, -0.05) is 55.8 Å². The normalized spacial score (nSPS) is 23.7. The molecule has 2 unspecified atom stereocenters. The Balaban J connectivity index is 1.35. The van der Waals surface area contributed by atoms with Crippen molar-refractivity contribution in [2.75, 3.05) is 39.9 Å². The number of halogens is 1. The Morgan fingerprint density at radius 3 is 2.32 bits per heavy atom. The van der Waals surface area contributed by atoms with Crippen LogP contribution in [0.1, 0.15) is 94.7 Å². The van der Waals surface area contributed by atoms with Crippen molar-refractivity contribution >= 4 is 23.5 Å². The van der Waals surface area contributed by atoms with Crippen molar-refractivity contribution in [1.29, 1.82) is 0 Å². The Morgan fingerprint density at radius 2 is 1.64 bits per heavy atom. The Bertz CT molecular complexity index is 1280. The summed E-state index contributed by atoms with van der Waals surface area (Å²) in [5.74, 6) is 2.86. The molecule has 44 heavy (non-hydrogen) atoms. The van der Waals surface area contributed by atoms with E-state index >= 15 is 0 Å². The second-order valence-electron chi connectivity index (χ2n) is 13.0. The van der Waals surface area contributed by atoms with Gasteiger partial charge in [-0.05, 0) is 94.3 Å². The standard InChI is InChI=1S/C36H49ClN4O3/c1-3-44-33-25-30(43-2)16-17-31(33)35-38-32(18-11-26-9-5-4-6-10-26)34(27-12-14-28(37)15-13-27)41(35)36(42)40-23-19-29(20-24-40)39-21-7-8-22-39/h12-17,25-26,29,32,34H,3-11,18-24H2,1-2H3. The molecule has 2 aromatic carbocycles. The molecule has 3 heterocycles. The average Bonchev–Trinajstić information content (AvgIpc) is 3.74. The SMILES string of the molecule is CCOc1cc(OC)ccc1C1=NC(CCC2CCCCC2)C(c2ccc(Cl)cc2)N1C(=O)N1CCC(N2CCCC2)CC1. The van der Waals surface area contributed by atoms with E-state index in [4.69, 9.17) is 26.1 Å². The Hall–Kier alpha value is -2.77. The van der Waals surface area contributed by atoms with E-state index in [-0.39, 0.29) is 18.1 Å². The topological polar surface area (TPSA) is 57.6 Å². The van der Waals surface area contributed by atoms with Gasteiger partial charge in [0.1, 0.15) is 17.3 Å². The third-order valence-electron chi connectivity index (χ3n) is 10.3. The van der Waals surface area contributed by atoms with Crippen LogP contribution in [0.4, 0.5) is 4.79 Å². The zero-order valence-electron chi connectivity index (χ0n) is 26.6. The van der Waals surface area contributed by atoms with Crippen LogP contribution in [0.5, 0.6) is 11.5 Å². The Morgan fingerprint density at radius 1 is 0.909 bits per heavy atom. The molecule has 3 fully saturated rings. The lowest BCUT2D eigenvalue weighted by Crippen LogP contribution is -2.52. The number of carbonyl (C=O) groups excluding carboxylic acids is 1. The number of ether oxygens (including phenoxy) is 2. The van der Waals surface area contributed by atoms with Gasteiger partial charge in [-0.25, -0.2) is 4.79 Å². The maximum atomic E-state index is 14.8. The first-order chi connectivity index (χ1) is 21.6. The number of aliphatic imine (C=N–C) groups is 1. The number of methoxy groups -OCH3 is 1. The van der Waals surface area contributed by atoms with Gasteiger partial charge in [0.2, 0.25) is 0 Å². The first kappa shape index (κ1) is 31.2. The molecule has 1 saturated carbocycles. The van der Waals surface area contributed by atoms with Crippen molar-refractivity contribution in [3.05, 3.63) is 58.6 Å². The van der Waals surface area contributed by atoms with Crippen molar-refractivity contribution in [2.45, 2.75) is 95.7 Å². The van der Waals surface area contributed by atoms with E-state index in [9.17, 15) is 4.79 Å². The third-order valence-corrected chi connectivity index (χ3v) is 10.5. The van der Waals surface area contributed by atoms with E-state index in [0.717, 1.165) is 61.6 Å². The molecule has 0 radical (unpaired) electrons. The first-order valence-electron chi connectivity index (χ1n) is 17.0. The highest BCUT2D eigenvalue weighted by Gasteiger charge is 2.44. The molecule has 4 aliphatic rings. The number of hydrogen-bond acceptors (Lipinski definition) is 5. The maximum Gasteiger partial charge on any atom is 0.326 e. The van der Waals surface area contributed by atoms with Crippen molar-refractivity contribution < 1.29 is 14.3 Å². The fraction of sp³-hybridized carbons (Fsp3) is 0.611. The van der Waals surface area contributed by atoms with Crippen LogP contribution >= 0.6 is 11.6 Å². The van der Waals surface area contributed by atoms with Crippen LogP contribution in [0, 0.1) is 5.92 Å². The van der Waals surface area contributed by atoms with E-state index in [2.05, 4.69) is 21.9 Å². The average molecular weight is 621 g/mol. The summed E-state index contributed by atoms with van der Waals surface area (Å²) < 4.78 is 11.7. The number of piperidine rings is 1. The summed E-state index contributed by atoms with van der Waals surface area (Å²) in [6, 6.07) is 14.3. The zero-order chi connectivity index (χ0) is 30.5. The lowest BCUT2D eigenvalue weighted by atomic mass is 9.84.